The number of rotatable bonds is 3. The quantitative estimate of drug-likeness (QED) is 0.916. The van der Waals surface area contributed by atoms with Crippen molar-refractivity contribution in [3.63, 3.8) is 0 Å². The van der Waals surface area contributed by atoms with E-state index in [0.717, 1.165) is 11.1 Å². The Morgan fingerprint density at radius 1 is 1.00 bits per heavy atom. The van der Waals surface area contributed by atoms with Gasteiger partial charge in [0, 0.05) is 20.1 Å². The van der Waals surface area contributed by atoms with Crippen molar-refractivity contribution in [2.75, 3.05) is 20.1 Å². The summed E-state index contributed by atoms with van der Waals surface area (Å²) in [4.78, 5) is 15.4. The molecule has 2 aromatic carbocycles. The molecule has 2 aromatic rings. The molecule has 1 aliphatic rings. The normalized spacial score (nSPS) is 14.4. The summed E-state index contributed by atoms with van der Waals surface area (Å²) in [5, 5.41) is 11.0. The Kier molecular flexibility index (Phi) is 4.28. The Hall–Kier alpha value is -2.82. The average Bonchev–Trinajstić information content (AvgIpc) is 2.98. The zero-order chi connectivity index (χ0) is 16.2. The van der Waals surface area contributed by atoms with Gasteiger partial charge in [0.15, 0.2) is 0 Å². The van der Waals surface area contributed by atoms with Crippen molar-refractivity contribution in [2.24, 2.45) is 0 Å². The molecule has 0 spiro atoms. The van der Waals surface area contributed by atoms with Crippen LogP contribution in [0.2, 0.25) is 0 Å². The molecule has 1 heterocycles. The number of carbonyl (C=O) groups excluding carboxylic acids is 1. The highest BCUT2D eigenvalue weighted by Gasteiger charge is 2.35. The summed E-state index contributed by atoms with van der Waals surface area (Å²) < 4.78 is 0. The second-order valence-corrected chi connectivity index (χ2v) is 5.45. The topological polar surface area (TPSA) is 59.4 Å². The van der Waals surface area contributed by atoms with Crippen LogP contribution in [0, 0.1) is 5.41 Å². The third-order valence-corrected chi connectivity index (χ3v) is 4.09. The van der Waals surface area contributed by atoms with E-state index in [-0.39, 0.29) is 18.0 Å². The van der Waals surface area contributed by atoms with Gasteiger partial charge in [0.1, 0.15) is 0 Å². The van der Waals surface area contributed by atoms with E-state index < -0.39 is 0 Å². The van der Waals surface area contributed by atoms with Crippen molar-refractivity contribution < 1.29 is 4.79 Å². The number of hydrogen-bond acceptors (Lipinski definition) is 2. The van der Waals surface area contributed by atoms with Crippen LogP contribution in [0.4, 0.5) is 4.79 Å². The molecule has 0 aromatic heterocycles. The van der Waals surface area contributed by atoms with Crippen LogP contribution in [0.15, 0.2) is 60.7 Å². The molecular formula is C18H20N4O. The molecule has 0 aliphatic carbocycles. The van der Waals surface area contributed by atoms with E-state index in [4.69, 9.17) is 5.41 Å². The average molecular weight is 308 g/mol. The molecule has 0 radical (unpaired) electrons. The Bertz CT molecular complexity index is 647. The van der Waals surface area contributed by atoms with Crippen molar-refractivity contribution in [1.29, 1.82) is 5.41 Å². The van der Waals surface area contributed by atoms with E-state index in [0.29, 0.717) is 13.1 Å². The number of hydrogen-bond donors (Lipinski definition) is 2. The van der Waals surface area contributed by atoms with E-state index in [1.54, 1.807) is 7.05 Å². The molecule has 0 unspecified atom stereocenters. The third kappa shape index (κ3) is 2.90. The van der Waals surface area contributed by atoms with Gasteiger partial charge in [-0.3, -0.25) is 10.3 Å². The van der Waals surface area contributed by atoms with Crippen molar-refractivity contribution >= 4 is 12.0 Å². The largest absolute Gasteiger partial charge is 0.341 e. The Balaban J connectivity index is 1.97. The molecule has 0 atom stereocenters. The second-order valence-electron chi connectivity index (χ2n) is 5.45. The molecule has 2 N–H and O–H groups in total. The van der Waals surface area contributed by atoms with Crippen LogP contribution in [0.1, 0.15) is 17.2 Å². The van der Waals surface area contributed by atoms with Crippen LogP contribution >= 0.6 is 0 Å². The SMILES string of the molecule is CNC(=O)N1CCN(C(c2ccccc2)c2ccccc2)C1=N. The Morgan fingerprint density at radius 2 is 1.52 bits per heavy atom. The maximum absolute atomic E-state index is 11.9. The molecule has 5 nitrogen and oxygen atoms in total. The highest BCUT2D eigenvalue weighted by Crippen LogP contribution is 2.31. The van der Waals surface area contributed by atoms with Crippen molar-refractivity contribution in [3.05, 3.63) is 71.8 Å². The van der Waals surface area contributed by atoms with Gasteiger partial charge < -0.3 is 10.2 Å². The minimum Gasteiger partial charge on any atom is -0.341 e. The lowest BCUT2D eigenvalue weighted by molar-refractivity contribution is 0.225. The van der Waals surface area contributed by atoms with Crippen LogP contribution in [-0.4, -0.2) is 41.9 Å². The first kappa shape index (κ1) is 15.1. The summed E-state index contributed by atoms with van der Waals surface area (Å²) in [6, 6.07) is 19.9. The van der Waals surface area contributed by atoms with Crippen molar-refractivity contribution in [1.82, 2.24) is 15.1 Å². The number of guanidine groups is 1. The summed E-state index contributed by atoms with van der Waals surface area (Å²) in [7, 11) is 1.59. The summed E-state index contributed by atoms with van der Waals surface area (Å²) in [6.45, 7) is 1.16. The van der Waals surface area contributed by atoms with Crippen LogP contribution in [-0.2, 0) is 0 Å². The van der Waals surface area contributed by atoms with Crippen molar-refractivity contribution in [2.45, 2.75) is 6.04 Å². The zero-order valence-electron chi connectivity index (χ0n) is 13.1. The summed E-state index contributed by atoms with van der Waals surface area (Å²) >= 11 is 0. The lowest BCUT2D eigenvalue weighted by Gasteiger charge is -2.30. The number of amides is 2. The third-order valence-electron chi connectivity index (χ3n) is 4.09. The lowest BCUT2D eigenvalue weighted by atomic mass is 9.97. The van der Waals surface area contributed by atoms with Crippen molar-refractivity contribution in [3.8, 4) is 0 Å². The monoisotopic (exact) mass is 308 g/mol. The highest BCUT2D eigenvalue weighted by atomic mass is 16.2. The van der Waals surface area contributed by atoms with Crippen LogP contribution in [0.5, 0.6) is 0 Å². The van der Waals surface area contributed by atoms with E-state index in [2.05, 4.69) is 29.6 Å². The van der Waals surface area contributed by atoms with E-state index in [1.165, 1.54) is 4.90 Å². The molecule has 23 heavy (non-hydrogen) atoms. The van der Waals surface area contributed by atoms with Gasteiger partial charge in [-0.05, 0) is 11.1 Å². The number of carbonyl (C=O) groups is 1. The first-order valence-electron chi connectivity index (χ1n) is 7.66. The standard InChI is InChI=1S/C18H20N4O/c1-20-18(23)22-13-12-21(17(22)19)16(14-8-4-2-5-9-14)15-10-6-3-7-11-15/h2-11,16,19H,12-13H2,1H3,(H,20,23). The van der Waals surface area contributed by atoms with Gasteiger partial charge in [0.25, 0.3) is 0 Å². The fraction of sp³-hybridized carbons (Fsp3) is 0.222. The van der Waals surface area contributed by atoms with E-state index >= 15 is 0 Å². The fourth-order valence-electron chi connectivity index (χ4n) is 2.98. The molecule has 5 heteroatoms. The zero-order valence-corrected chi connectivity index (χ0v) is 13.1. The van der Waals surface area contributed by atoms with E-state index in [1.807, 2.05) is 41.3 Å². The molecular weight excluding hydrogens is 288 g/mol. The minimum absolute atomic E-state index is 0.0699. The maximum atomic E-state index is 11.9. The predicted molar refractivity (Wildman–Crippen MR) is 90.3 cm³/mol. The van der Waals surface area contributed by atoms with Gasteiger partial charge in [-0.25, -0.2) is 4.79 Å². The summed E-state index contributed by atoms with van der Waals surface area (Å²) in [5.74, 6) is 0.238. The van der Waals surface area contributed by atoms with Crippen LogP contribution in [0.25, 0.3) is 0 Å². The van der Waals surface area contributed by atoms with Crippen LogP contribution < -0.4 is 5.32 Å². The Morgan fingerprint density at radius 3 is 2.00 bits per heavy atom. The number of nitrogens with zero attached hydrogens (tertiary/aromatic N) is 2. The summed E-state index contributed by atoms with van der Waals surface area (Å²) in [6.07, 6.45) is 0. The fourth-order valence-corrected chi connectivity index (χ4v) is 2.98. The molecule has 1 saturated heterocycles. The number of benzene rings is 2. The van der Waals surface area contributed by atoms with Gasteiger partial charge in [-0.1, -0.05) is 60.7 Å². The van der Waals surface area contributed by atoms with Gasteiger partial charge in [0.2, 0.25) is 5.96 Å². The van der Waals surface area contributed by atoms with Gasteiger partial charge in [-0.15, -0.1) is 0 Å². The molecule has 0 bridgehead atoms. The minimum atomic E-state index is -0.239. The smallest absolute Gasteiger partial charge is 0.324 e. The second kappa shape index (κ2) is 6.52. The van der Waals surface area contributed by atoms with Gasteiger partial charge in [0.05, 0.1) is 6.04 Å². The molecule has 1 fully saturated rings. The number of nitrogens with one attached hydrogen (secondary N) is 2. The van der Waals surface area contributed by atoms with Gasteiger partial charge >= 0.3 is 6.03 Å². The first-order chi connectivity index (χ1) is 11.2. The molecule has 3 rings (SSSR count). The lowest BCUT2D eigenvalue weighted by Crippen LogP contribution is -2.42. The Labute approximate surface area is 136 Å². The molecule has 1 aliphatic heterocycles. The summed E-state index contributed by atoms with van der Waals surface area (Å²) in [5.41, 5.74) is 2.23. The predicted octanol–water partition coefficient (Wildman–Crippen LogP) is 2.67. The molecule has 118 valence electrons. The first-order valence-corrected chi connectivity index (χ1v) is 7.66. The molecule has 2 amide bonds. The van der Waals surface area contributed by atoms with Crippen LogP contribution in [0.3, 0.4) is 0 Å². The van der Waals surface area contributed by atoms with E-state index in [9.17, 15) is 4.79 Å². The number of urea groups is 1. The van der Waals surface area contributed by atoms with Gasteiger partial charge in [-0.2, -0.15) is 0 Å². The highest BCUT2D eigenvalue weighted by molar-refractivity contribution is 5.96. The molecule has 0 saturated carbocycles. The maximum Gasteiger partial charge on any atom is 0.324 e.